The zero-order chi connectivity index (χ0) is 24.8. The summed E-state index contributed by atoms with van der Waals surface area (Å²) in [6.45, 7) is 4.23. The minimum atomic E-state index is -0.203. The Labute approximate surface area is 207 Å². The number of benzene rings is 1. The van der Waals surface area contributed by atoms with Crippen LogP contribution in [-0.2, 0) is 18.3 Å². The number of carbonyl (C=O) groups is 1. The minimum absolute atomic E-state index is 0.196. The van der Waals surface area contributed by atoms with Crippen molar-refractivity contribution in [2.75, 3.05) is 24.7 Å². The van der Waals surface area contributed by atoms with E-state index in [1.807, 2.05) is 62.1 Å². The first-order valence-electron chi connectivity index (χ1n) is 11.1. The fourth-order valence-electron chi connectivity index (χ4n) is 3.57. The second kappa shape index (κ2) is 11.0. The number of methoxy groups -OCH3 is 1. The van der Waals surface area contributed by atoms with Gasteiger partial charge in [0.05, 0.1) is 12.9 Å². The van der Waals surface area contributed by atoms with Crippen LogP contribution in [0.15, 0.2) is 53.0 Å². The number of amides is 1. The molecule has 0 spiro atoms. The SMILES string of the molecule is COc1ccc2[nH]cc(CCN=C(NC(=O)CSc3nccn3C)Nc3nc(C)cc(C)n3)c2c1. The summed E-state index contributed by atoms with van der Waals surface area (Å²) >= 11 is 1.35. The highest BCUT2D eigenvalue weighted by atomic mass is 32.2. The third-order valence-electron chi connectivity index (χ3n) is 5.21. The van der Waals surface area contributed by atoms with Crippen LogP contribution in [0.2, 0.25) is 0 Å². The molecule has 35 heavy (non-hydrogen) atoms. The molecule has 1 aromatic carbocycles. The van der Waals surface area contributed by atoms with Gasteiger partial charge in [-0.1, -0.05) is 11.8 Å². The van der Waals surface area contributed by atoms with Gasteiger partial charge in [0, 0.05) is 54.5 Å². The molecule has 0 aliphatic heterocycles. The summed E-state index contributed by atoms with van der Waals surface area (Å²) in [7, 11) is 3.54. The van der Waals surface area contributed by atoms with Crippen molar-refractivity contribution >= 4 is 40.5 Å². The van der Waals surface area contributed by atoms with Crippen molar-refractivity contribution in [2.45, 2.75) is 25.4 Å². The van der Waals surface area contributed by atoms with Crippen molar-refractivity contribution in [3.63, 3.8) is 0 Å². The van der Waals surface area contributed by atoms with E-state index < -0.39 is 0 Å². The third-order valence-corrected chi connectivity index (χ3v) is 6.26. The van der Waals surface area contributed by atoms with Crippen LogP contribution < -0.4 is 15.4 Å². The molecule has 0 radical (unpaired) electrons. The maximum absolute atomic E-state index is 12.7. The highest BCUT2D eigenvalue weighted by molar-refractivity contribution is 7.99. The molecule has 4 rings (SSSR count). The molecule has 3 heterocycles. The largest absolute Gasteiger partial charge is 0.497 e. The average Bonchev–Trinajstić information content (AvgIpc) is 3.42. The smallest absolute Gasteiger partial charge is 0.237 e. The van der Waals surface area contributed by atoms with Gasteiger partial charge in [-0.3, -0.25) is 20.4 Å². The number of hydrogen-bond donors (Lipinski definition) is 3. The summed E-state index contributed by atoms with van der Waals surface area (Å²) in [4.78, 5) is 33.6. The first-order chi connectivity index (χ1) is 16.9. The van der Waals surface area contributed by atoms with Crippen LogP contribution in [0.4, 0.5) is 5.95 Å². The summed E-state index contributed by atoms with van der Waals surface area (Å²) in [6, 6.07) is 7.80. The molecule has 0 aliphatic carbocycles. The number of rotatable bonds is 8. The molecule has 3 N–H and O–H groups in total. The van der Waals surface area contributed by atoms with E-state index in [2.05, 4.69) is 35.6 Å². The van der Waals surface area contributed by atoms with Crippen LogP contribution in [-0.4, -0.2) is 55.8 Å². The number of anilines is 1. The zero-order valence-corrected chi connectivity index (χ0v) is 20.9. The summed E-state index contributed by atoms with van der Waals surface area (Å²) in [6.07, 6.45) is 6.19. The van der Waals surface area contributed by atoms with Crippen LogP contribution >= 0.6 is 11.8 Å². The minimum Gasteiger partial charge on any atom is -0.497 e. The lowest BCUT2D eigenvalue weighted by Gasteiger charge is -2.11. The lowest BCUT2D eigenvalue weighted by Crippen LogP contribution is -2.38. The second-order valence-electron chi connectivity index (χ2n) is 7.96. The Kier molecular flexibility index (Phi) is 7.66. The Morgan fingerprint density at radius 1 is 1.23 bits per heavy atom. The number of guanidine groups is 1. The van der Waals surface area contributed by atoms with Gasteiger partial charge in [0.25, 0.3) is 0 Å². The van der Waals surface area contributed by atoms with E-state index in [0.717, 1.165) is 38.8 Å². The van der Waals surface area contributed by atoms with Crippen LogP contribution in [0.25, 0.3) is 10.9 Å². The highest BCUT2D eigenvalue weighted by Crippen LogP contribution is 2.24. The number of thioether (sulfide) groups is 1. The molecule has 4 aromatic rings. The Morgan fingerprint density at radius 2 is 2.03 bits per heavy atom. The number of imidazole rings is 1. The molecule has 0 fully saturated rings. The number of aryl methyl sites for hydroxylation is 3. The van der Waals surface area contributed by atoms with Gasteiger partial charge in [-0.25, -0.2) is 15.0 Å². The van der Waals surface area contributed by atoms with E-state index in [-0.39, 0.29) is 11.7 Å². The second-order valence-corrected chi connectivity index (χ2v) is 8.91. The number of ether oxygens (including phenoxy) is 1. The van der Waals surface area contributed by atoms with E-state index in [9.17, 15) is 4.79 Å². The molecule has 0 saturated carbocycles. The van der Waals surface area contributed by atoms with Crippen molar-refractivity contribution in [1.82, 2.24) is 29.8 Å². The van der Waals surface area contributed by atoms with Crippen LogP contribution in [0.3, 0.4) is 0 Å². The Bertz CT molecular complexity index is 1340. The number of aromatic amines is 1. The first kappa shape index (κ1) is 24.3. The standard InChI is InChI=1S/C24H28N8O2S/c1-15-11-16(2)29-23(28-15)31-22(30-21(33)14-35-24-26-9-10-32(24)3)25-8-7-17-13-27-20-6-5-18(34-4)12-19(17)20/h5-6,9-13,27H,7-8,14H2,1-4H3,(H2,25,28,29,30,31,33). The van der Waals surface area contributed by atoms with Gasteiger partial charge in [-0.15, -0.1) is 0 Å². The third kappa shape index (κ3) is 6.38. The van der Waals surface area contributed by atoms with Crippen LogP contribution in [0, 0.1) is 13.8 Å². The number of carbonyl (C=O) groups excluding carboxylic acids is 1. The van der Waals surface area contributed by atoms with Crippen LogP contribution in [0.5, 0.6) is 5.75 Å². The van der Waals surface area contributed by atoms with E-state index in [0.29, 0.717) is 24.9 Å². The predicted molar refractivity (Wildman–Crippen MR) is 138 cm³/mol. The van der Waals surface area contributed by atoms with Gasteiger partial charge in [0.15, 0.2) is 5.16 Å². The molecule has 10 nitrogen and oxygen atoms in total. The molecule has 3 aromatic heterocycles. The topological polar surface area (TPSA) is 122 Å². The number of fused-ring (bicyclic) bond motifs is 1. The molecule has 11 heteroatoms. The number of aromatic nitrogens is 5. The van der Waals surface area contributed by atoms with Crippen molar-refractivity contribution < 1.29 is 9.53 Å². The summed E-state index contributed by atoms with van der Waals surface area (Å²) in [5, 5.41) is 7.77. The number of hydrogen-bond acceptors (Lipinski definition) is 7. The number of H-pyrrole nitrogens is 1. The summed E-state index contributed by atoms with van der Waals surface area (Å²) in [5.41, 5.74) is 3.79. The fourth-order valence-corrected chi connectivity index (χ4v) is 4.30. The molecule has 0 aliphatic rings. The fraction of sp³-hybridized carbons (Fsp3) is 0.292. The highest BCUT2D eigenvalue weighted by Gasteiger charge is 2.12. The van der Waals surface area contributed by atoms with E-state index in [4.69, 9.17) is 4.74 Å². The van der Waals surface area contributed by atoms with Gasteiger partial charge in [-0.05, 0) is 50.1 Å². The number of aliphatic imine (C=N–C) groups is 1. The maximum atomic E-state index is 12.7. The van der Waals surface area contributed by atoms with Gasteiger partial charge in [-0.2, -0.15) is 0 Å². The molecule has 0 atom stereocenters. The van der Waals surface area contributed by atoms with Crippen LogP contribution in [0.1, 0.15) is 17.0 Å². The maximum Gasteiger partial charge on any atom is 0.237 e. The van der Waals surface area contributed by atoms with Gasteiger partial charge >= 0.3 is 0 Å². The van der Waals surface area contributed by atoms with Crippen molar-refractivity contribution in [1.29, 1.82) is 0 Å². The Balaban J connectivity index is 1.47. The molecular formula is C24H28N8O2S. The Hall–Kier alpha value is -3.86. The van der Waals surface area contributed by atoms with Gasteiger partial charge in [0.2, 0.25) is 17.8 Å². The molecular weight excluding hydrogens is 464 g/mol. The Morgan fingerprint density at radius 3 is 2.74 bits per heavy atom. The normalized spacial score (nSPS) is 11.6. The molecule has 182 valence electrons. The zero-order valence-electron chi connectivity index (χ0n) is 20.1. The quantitative estimate of drug-likeness (QED) is 0.196. The van der Waals surface area contributed by atoms with Gasteiger partial charge in [0.1, 0.15) is 5.75 Å². The molecule has 0 unspecified atom stereocenters. The van der Waals surface area contributed by atoms with E-state index in [1.54, 1.807) is 13.3 Å². The molecule has 0 bridgehead atoms. The van der Waals surface area contributed by atoms with Crippen molar-refractivity contribution in [3.05, 3.63) is 59.8 Å². The van der Waals surface area contributed by atoms with E-state index >= 15 is 0 Å². The molecule has 0 saturated heterocycles. The average molecular weight is 493 g/mol. The first-order valence-corrected chi connectivity index (χ1v) is 12.1. The number of nitrogens with one attached hydrogen (secondary N) is 3. The van der Waals surface area contributed by atoms with Gasteiger partial charge < -0.3 is 14.3 Å². The van der Waals surface area contributed by atoms with Crippen molar-refractivity contribution in [2.24, 2.45) is 12.0 Å². The predicted octanol–water partition coefficient (Wildman–Crippen LogP) is 3.24. The molecule has 1 amide bonds. The lowest BCUT2D eigenvalue weighted by molar-refractivity contribution is -0.117. The summed E-state index contributed by atoms with van der Waals surface area (Å²) < 4.78 is 7.22. The lowest BCUT2D eigenvalue weighted by atomic mass is 10.1. The van der Waals surface area contributed by atoms with Crippen molar-refractivity contribution in [3.8, 4) is 5.75 Å². The number of nitrogens with zero attached hydrogens (tertiary/aromatic N) is 5. The summed E-state index contributed by atoms with van der Waals surface area (Å²) in [5.74, 6) is 1.48. The van der Waals surface area contributed by atoms with E-state index in [1.165, 1.54) is 11.8 Å². The monoisotopic (exact) mass is 492 g/mol.